The molecule has 21 heavy (non-hydrogen) atoms. The average Bonchev–Trinajstić information content (AvgIpc) is 2.37. The molecule has 0 fully saturated rings. The lowest BCUT2D eigenvalue weighted by molar-refractivity contribution is -0.0498. The Bertz CT molecular complexity index is 676. The van der Waals surface area contributed by atoms with Gasteiger partial charge in [-0.1, -0.05) is 23.2 Å². The quantitative estimate of drug-likeness (QED) is 0.927. The van der Waals surface area contributed by atoms with Crippen LogP contribution in [-0.2, 0) is 0 Å². The van der Waals surface area contributed by atoms with E-state index >= 15 is 0 Å². The highest BCUT2D eigenvalue weighted by atomic mass is 35.5. The fraction of sp³-hybridized carbons (Fsp3) is 0.0769. The average molecular weight is 333 g/mol. The molecule has 0 unspecified atom stereocenters. The number of carbonyl (C=O) groups excluding carboxylic acids is 1. The number of hydrogen-bond acceptors (Lipinski definition) is 3. The molecular formula is C13H8Cl2F2N2O2. The van der Waals surface area contributed by atoms with Gasteiger partial charge in [-0.05, 0) is 18.2 Å². The molecule has 0 radical (unpaired) electrons. The van der Waals surface area contributed by atoms with E-state index in [-0.39, 0.29) is 32.5 Å². The number of rotatable bonds is 4. The number of nitrogens with zero attached hydrogens (tertiary/aromatic N) is 1. The maximum absolute atomic E-state index is 12.3. The van der Waals surface area contributed by atoms with Crippen LogP contribution in [0, 0.1) is 0 Å². The van der Waals surface area contributed by atoms with E-state index in [1.54, 1.807) is 0 Å². The van der Waals surface area contributed by atoms with Crippen molar-refractivity contribution in [2.45, 2.75) is 6.61 Å². The fourth-order valence-corrected chi connectivity index (χ4v) is 2.36. The van der Waals surface area contributed by atoms with Crippen LogP contribution >= 0.6 is 23.2 Å². The first-order valence-corrected chi connectivity index (χ1v) is 6.33. The third-order valence-electron chi connectivity index (χ3n) is 2.60. The zero-order valence-electron chi connectivity index (χ0n) is 10.3. The molecule has 2 N–H and O–H groups in total. The lowest BCUT2D eigenvalue weighted by atomic mass is 9.99. The Morgan fingerprint density at radius 1 is 1.24 bits per heavy atom. The summed E-state index contributed by atoms with van der Waals surface area (Å²) in [6.07, 6.45) is 2.63. The number of primary amides is 1. The van der Waals surface area contributed by atoms with Crippen molar-refractivity contribution in [3.63, 3.8) is 0 Å². The van der Waals surface area contributed by atoms with Crippen LogP contribution in [0.25, 0.3) is 11.1 Å². The second kappa shape index (κ2) is 6.24. The molecule has 0 atom stereocenters. The lowest BCUT2D eigenvalue weighted by Gasteiger charge is -2.13. The minimum absolute atomic E-state index is 0.0756. The van der Waals surface area contributed by atoms with Gasteiger partial charge < -0.3 is 10.5 Å². The van der Waals surface area contributed by atoms with Crippen molar-refractivity contribution in [3.8, 4) is 16.9 Å². The summed E-state index contributed by atoms with van der Waals surface area (Å²) in [5, 5.41) is 0.304. The fourth-order valence-electron chi connectivity index (χ4n) is 1.79. The van der Waals surface area contributed by atoms with Gasteiger partial charge in [-0.3, -0.25) is 9.78 Å². The van der Waals surface area contributed by atoms with Gasteiger partial charge in [0, 0.05) is 29.1 Å². The van der Waals surface area contributed by atoms with Gasteiger partial charge in [0.15, 0.2) is 0 Å². The summed E-state index contributed by atoms with van der Waals surface area (Å²) in [5.41, 5.74) is 5.81. The van der Waals surface area contributed by atoms with Crippen LogP contribution in [0.5, 0.6) is 5.75 Å². The minimum Gasteiger partial charge on any atom is -0.435 e. The van der Waals surface area contributed by atoms with Gasteiger partial charge in [-0.25, -0.2) is 0 Å². The number of carbonyl (C=O) groups is 1. The van der Waals surface area contributed by atoms with E-state index in [1.807, 2.05) is 0 Å². The largest absolute Gasteiger partial charge is 0.435 e. The van der Waals surface area contributed by atoms with Gasteiger partial charge in [0.1, 0.15) is 5.75 Å². The van der Waals surface area contributed by atoms with Crippen molar-refractivity contribution in [3.05, 3.63) is 46.2 Å². The van der Waals surface area contributed by atoms with Gasteiger partial charge in [-0.15, -0.1) is 0 Å². The van der Waals surface area contributed by atoms with Crippen molar-refractivity contribution in [2.75, 3.05) is 0 Å². The van der Waals surface area contributed by atoms with E-state index in [0.717, 1.165) is 0 Å². The molecule has 1 heterocycles. The Labute approximate surface area is 128 Å². The lowest BCUT2D eigenvalue weighted by Crippen LogP contribution is -2.13. The first kappa shape index (κ1) is 15.5. The normalized spacial score (nSPS) is 10.7. The Balaban J connectivity index is 2.66. The minimum atomic E-state index is -3.00. The standard InChI is InChI=1S/C13H8Cl2F2N2O2/c14-9-4-19-5-10(15)11(9)8-3-6(21-13(16)17)1-2-7(8)12(18)20/h1-5,13H,(H2,18,20). The van der Waals surface area contributed by atoms with E-state index in [1.165, 1.54) is 30.6 Å². The van der Waals surface area contributed by atoms with Crippen LogP contribution in [0.2, 0.25) is 10.0 Å². The highest BCUT2D eigenvalue weighted by Crippen LogP contribution is 2.37. The van der Waals surface area contributed by atoms with Crippen molar-refractivity contribution >= 4 is 29.1 Å². The molecule has 0 bridgehead atoms. The predicted molar refractivity (Wildman–Crippen MR) is 74.8 cm³/mol. The van der Waals surface area contributed by atoms with E-state index in [9.17, 15) is 13.6 Å². The number of alkyl halides is 2. The molecule has 1 aromatic heterocycles. The van der Waals surface area contributed by atoms with Gasteiger partial charge in [-0.2, -0.15) is 8.78 Å². The topological polar surface area (TPSA) is 65.2 Å². The third-order valence-corrected chi connectivity index (χ3v) is 3.18. The Kier molecular flexibility index (Phi) is 4.59. The maximum atomic E-state index is 12.3. The van der Waals surface area contributed by atoms with Gasteiger partial charge in [0.2, 0.25) is 5.91 Å². The molecule has 8 heteroatoms. The molecule has 4 nitrogen and oxygen atoms in total. The van der Waals surface area contributed by atoms with Crippen molar-refractivity contribution in [1.29, 1.82) is 0 Å². The molecular weight excluding hydrogens is 325 g/mol. The molecule has 0 aliphatic heterocycles. The Morgan fingerprint density at radius 2 is 1.86 bits per heavy atom. The molecule has 0 saturated heterocycles. The van der Waals surface area contributed by atoms with Crippen LogP contribution in [0.4, 0.5) is 8.78 Å². The molecule has 1 aromatic carbocycles. The third kappa shape index (κ3) is 3.40. The van der Waals surface area contributed by atoms with Crippen LogP contribution in [-0.4, -0.2) is 17.5 Å². The number of hydrogen-bond donors (Lipinski definition) is 1. The highest BCUT2D eigenvalue weighted by molar-refractivity contribution is 6.39. The number of ether oxygens (including phenoxy) is 1. The van der Waals surface area contributed by atoms with Crippen LogP contribution < -0.4 is 10.5 Å². The van der Waals surface area contributed by atoms with E-state index < -0.39 is 12.5 Å². The van der Waals surface area contributed by atoms with Crippen molar-refractivity contribution in [2.24, 2.45) is 5.73 Å². The van der Waals surface area contributed by atoms with Gasteiger partial charge in [0.05, 0.1) is 10.0 Å². The molecule has 1 amide bonds. The van der Waals surface area contributed by atoms with E-state index in [0.29, 0.717) is 0 Å². The van der Waals surface area contributed by atoms with Crippen molar-refractivity contribution in [1.82, 2.24) is 4.98 Å². The summed E-state index contributed by atoms with van der Waals surface area (Å²) in [6, 6.07) is 3.70. The summed E-state index contributed by atoms with van der Waals surface area (Å²) in [7, 11) is 0. The second-order valence-corrected chi connectivity index (χ2v) is 4.74. The monoisotopic (exact) mass is 332 g/mol. The zero-order valence-corrected chi connectivity index (χ0v) is 11.8. The first-order chi connectivity index (χ1) is 9.90. The number of pyridine rings is 1. The van der Waals surface area contributed by atoms with E-state index in [4.69, 9.17) is 28.9 Å². The summed E-state index contributed by atoms with van der Waals surface area (Å²) < 4.78 is 28.9. The van der Waals surface area contributed by atoms with Crippen molar-refractivity contribution < 1.29 is 18.3 Å². The summed E-state index contributed by atoms with van der Waals surface area (Å²) >= 11 is 12.0. The number of nitrogens with two attached hydrogens (primary N) is 1. The van der Waals surface area contributed by atoms with Gasteiger partial charge in [0.25, 0.3) is 0 Å². The number of benzene rings is 1. The number of amides is 1. The van der Waals surface area contributed by atoms with Crippen LogP contribution in [0.15, 0.2) is 30.6 Å². The number of aromatic nitrogens is 1. The zero-order chi connectivity index (χ0) is 15.6. The van der Waals surface area contributed by atoms with Crippen LogP contribution in [0.3, 0.4) is 0 Å². The molecule has 0 spiro atoms. The maximum Gasteiger partial charge on any atom is 0.387 e. The number of halogens is 4. The molecule has 0 aliphatic carbocycles. The smallest absolute Gasteiger partial charge is 0.387 e. The Hall–Kier alpha value is -1.92. The molecule has 0 saturated carbocycles. The predicted octanol–water partition coefficient (Wildman–Crippen LogP) is 3.76. The van der Waals surface area contributed by atoms with Crippen LogP contribution in [0.1, 0.15) is 10.4 Å². The second-order valence-electron chi connectivity index (χ2n) is 3.93. The summed E-state index contributed by atoms with van der Waals surface area (Å²) in [4.78, 5) is 15.3. The molecule has 0 aliphatic rings. The highest BCUT2D eigenvalue weighted by Gasteiger charge is 2.18. The SMILES string of the molecule is NC(=O)c1ccc(OC(F)F)cc1-c1c(Cl)cncc1Cl. The molecule has 2 rings (SSSR count). The van der Waals surface area contributed by atoms with E-state index in [2.05, 4.69) is 9.72 Å². The summed E-state index contributed by atoms with van der Waals surface area (Å²) in [6.45, 7) is -3.00. The molecule has 2 aromatic rings. The first-order valence-electron chi connectivity index (χ1n) is 5.58. The molecule has 110 valence electrons. The van der Waals surface area contributed by atoms with Gasteiger partial charge >= 0.3 is 6.61 Å². The summed E-state index contributed by atoms with van der Waals surface area (Å²) in [5.74, 6) is -0.897. The Morgan fingerprint density at radius 3 is 2.38 bits per heavy atom.